The third kappa shape index (κ3) is 1.33. The molecule has 0 unspecified atom stereocenters. The molecule has 80 valence electrons. The lowest BCUT2D eigenvalue weighted by molar-refractivity contribution is 0.110. The quantitative estimate of drug-likeness (QED) is 0.693. The molecular weight excluding hydrogens is 188 g/mol. The Labute approximate surface area is 89.5 Å². The molecule has 3 heteroatoms. The van der Waals surface area contributed by atoms with Gasteiger partial charge >= 0.3 is 0 Å². The second-order valence-electron chi connectivity index (χ2n) is 4.66. The molecule has 0 spiro atoms. The highest BCUT2D eigenvalue weighted by Crippen LogP contribution is 2.34. The molecule has 3 rings (SSSR count). The van der Waals surface area contributed by atoms with Gasteiger partial charge in [-0.2, -0.15) is 5.10 Å². The minimum absolute atomic E-state index is 0.510. The van der Waals surface area contributed by atoms with Crippen molar-refractivity contribution < 1.29 is 4.79 Å². The Morgan fingerprint density at radius 1 is 1.20 bits per heavy atom. The topological polar surface area (TPSA) is 34.9 Å². The molecule has 3 nitrogen and oxygen atoms in total. The molecule has 0 aromatic carbocycles. The Hall–Kier alpha value is -1.12. The normalized spacial score (nSPS) is 20.8. The maximum atomic E-state index is 11.1. The largest absolute Gasteiger partial charge is 0.296 e. The zero-order chi connectivity index (χ0) is 10.3. The van der Waals surface area contributed by atoms with Crippen LogP contribution in [-0.2, 0) is 12.8 Å². The fourth-order valence-corrected chi connectivity index (χ4v) is 2.63. The Morgan fingerprint density at radius 3 is 2.67 bits per heavy atom. The summed E-state index contributed by atoms with van der Waals surface area (Å²) in [5.74, 6) is 0. The first-order valence-electron chi connectivity index (χ1n) is 5.95. The lowest BCUT2D eigenvalue weighted by Crippen LogP contribution is -2.20. The average molecular weight is 204 g/mol. The number of rotatable bonds is 2. The van der Waals surface area contributed by atoms with Crippen LogP contribution in [0.1, 0.15) is 59.9 Å². The molecular formula is C12H16N2O. The van der Waals surface area contributed by atoms with Gasteiger partial charge in [-0.1, -0.05) is 0 Å². The monoisotopic (exact) mass is 204 g/mol. The second kappa shape index (κ2) is 3.47. The van der Waals surface area contributed by atoms with E-state index in [1.807, 2.05) is 4.68 Å². The molecule has 0 aliphatic heterocycles. The van der Waals surface area contributed by atoms with E-state index in [-0.39, 0.29) is 0 Å². The van der Waals surface area contributed by atoms with Crippen LogP contribution in [0.2, 0.25) is 0 Å². The second-order valence-corrected chi connectivity index (χ2v) is 4.66. The standard InChI is InChI=1S/C12H16N2O/c15-8-12-10-6-1-2-7-11(10)13-14(12)9-4-3-5-9/h8-9H,1-7H2. The number of aldehydes is 1. The van der Waals surface area contributed by atoms with Crippen molar-refractivity contribution >= 4 is 6.29 Å². The van der Waals surface area contributed by atoms with Crippen molar-refractivity contribution in [2.45, 2.75) is 51.0 Å². The van der Waals surface area contributed by atoms with Gasteiger partial charge in [-0.25, -0.2) is 0 Å². The molecule has 0 amide bonds. The molecule has 15 heavy (non-hydrogen) atoms. The molecule has 1 aromatic rings. The number of aryl methyl sites for hydroxylation is 1. The molecule has 2 aliphatic carbocycles. The fourth-order valence-electron chi connectivity index (χ4n) is 2.63. The summed E-state index contributed by atoms with van der Waals surface area (Å²) in [6.07, 6.45) is 9.25. The lowest BCUT2D eigenvalue weighted by atomic mass is 9.92. The third-order valence-electron chi connectivity index (χ3n) is 3.76. The minimum Gasteiger partial charge on any atom is -0.296 e. The zero-order valence-corrected chi connectivity index (χ0v) is 8.91. The highest BCUT2D eigenvalue weighted by atomic mass is 16.1. The summed E-state index contributed by atoms with van der Waals surface area (Å²) in [5, 5.41) is 4.63. The van der Waals surface area contributed by atoms with Gasteiger partial charge in [0.25, 0.3) is 0 Å². The summed E-state index contributed by atoms with van der Waals surface area (Å²) in [6, 6.07) is 0.510. The van der Waals surface area contributed by atoms with E-state index in [1.54, 1.807) is 0 Å². The summed E-state index contributed by atoms with van der Waals surface area (Å²) in [5.41, 5.74) is 3.30. The molecule has 0 radical (unpaired) electrons. The highest BCUT2D eigenvalue weighted by molar-refractivity contribution is 5.75. The van der Waals surface area contributed by atoms with Crippen LogP contribution < -0.4 is 0 Å². The van der Waals surface area contributed by atoms with Crippen LogP contribution >= 0.6 is 0 Å². The number of fused-ring (bicyclic) bond motifs is 1. The van der Waals surface area contributed by atoms with E-state index in [2.05, 4.69) is 5.10 Å². The summed E-state index contributed by atoms with van der Waals surface area (Å²) < 4.78 is 2.01. The van der Waals surface area contributed by atoms with Crippen LogP contribution in [-0.4, -0.2) is 16.1 Å². The molecule has 0 atom stereocenters. The van der Waals surface area contributed by atoms with Gasteiger partial charge in [0.15, 0.2) is 6.29 Å². The number of carbonyl (C=O) groups is 1. The van der Waals surface area contributed by atoms with Crippen molar-refractivity contribution in [3.05, 3.63) is 17.0 Å². The van der Waals surface area contributed by atoms with Crippen molar-refractivity contribution in [2.24, 2.45) is 0 Å². The summed E-state index contributed by atoms with van der Waals surface area (Å²) in [4.78, 5) is 11.1. The summed E-state index contributed by atoms with van der Waals surface area (Å²) in [7, 11) is 0. The van der Waals surface area contributed by atoms with E-state index in [0.29, 0.717) is 6.04 Å². The van der Waals surface area contributed by atoms with Crippen molar-refractivity contribution in [1.29, 1.82) is 0 Å². The molecule has 1 heterocycles. The predicted octanol–water partition coefficient (Wildman–Crippen LogP) is 2.30. The van der Waals surface area contributed by atoms with Gasteiger partial charge in [-0.3, -0.25) is 9.48 Å². The molecule has 1 saturated carbocycles. The lowest BCUT2D eigenvalue weighted by Gasteiger charge is -2.26. The van der Waals surface area contributed by atoms with E-state index in [1.165, 1.54) is 43.4 Å². The van der Waals surface area contributed by atoms with Crippen LogP contribution in [0, 0.1) is 0 Å². The molecule has 1 aromatic heterocycles. The average Bonchev–Trinajstić information content (AvgIpc) is 2.53. The zero-order valence-electron chi connectivity index (χ0n) is 8.91. The van der Waals surface area contributed by atoms with Crippen LogP contribution in [0.3, 0.4) is 0 Å². The Morgan fingerprint density at radius 2 is 2.00 bits per heavy atom. The molecule has 0 bridgehead atoms. The van der Waals surface area contributed by atoms with Crippen molar-refractivity contribution in [2.75, 3.05) is 0 Å². The number of aromatic nitrogens is 2. The Balaban J connectivity index is 2.05. The molecule has 0 saturated heterocycles. The van der Waals surface area contributed by atoms with Gasteiger partial charge in [0.2, 0.25) is 0 Å². The van der Waals surface area contributed by atoms with E-state index in [9.17, 15) is 4.79 Å². The van der Waals surface area contributed by atoms with E-state index in [0.717, 1.165) is 24.8 Å². The summed E-state index contributed by atoms with van der Waals surface area (Å²) >= 11 is 0. The van der Waals surface area contributed by atoms with Crippen molar-refractivity contribution in [3.8, 4) is 0 Å². The van der Waals surface area contributed by atoms with Gasteiger partial charge in [0.1, 0.15) is 5.69 Å². The smallest absolute Gasteiger partial charge is 0.168 e. The van der Waals surface area contributed by atoms with Crippen LogP contribution in [0.4, 0.5) is 0 Å². The molecule has 0 N–H and O–H groups in total. The van der Waals surface area contributed by atoms with Gasteiger partial charge in [0.05, 0.1) is 11.7 Å². The number of carbonyl (C=O) groups excluding carboxylic acids is 1. The number of nitrogens with zero attached hydrogens (tertiary/aromatic N) is 2. The van der Waals surface area contributed by atoms with Crippen molar-refractivity contribution in [1.82, 2.24) is 9.78 Å². The Kier molecular flexibility index (Phi) is 2.11. The maximum Gasteiger partial charge on any atom is 0.168 e. The minimum atomic E-state index is 0.510. The van der Waals surface area contributed by atoms with Gasteiger partial charge in [0, 0.05) is 5.56 Å². The van der Waals surface area contributed by atoms with E-state index >= 15 is 0 Å². The SMILES string of the molecule is O=Cc1c2c(nn1C1CCC1)CCCC2. The molecule has 2 aliphatic rings. The van der Waals surface area contributed by atoms with E-state index in [4.69, 9.17) is 0 Å². The Bertz CT molecular complexity index is 391. The van der Waals surface area contributed by atoms with Gasteiger partial charge in [-0.15, -0.1) is 0 Å². The first kappa shape index (κ1) is 9.13. The van der Waals surface area contributed by atoms with Crippen LogP contribution in [0.15, 0.2) is 0 Å². The maximum absolute atomic E-state index is 11.1. The summed E-state index contributed by atoms with van der Waals surface area (Å²) in [6.45, 7) is 0. The van der Waals surface area contributed by atoms with E-state index < -0.39 is 0 Å². The predicted molar refractivity (Wildman–Crippen MR) is 57.1 cm³/mol. The van der Waals surface area contributed by atoms with Crippen LogP contribution in [0.25, 0.3) is 0 Å². The fraction of sp³-hybridized carbons (Fsp3) is 0.667. The molecule has 1 fully saturated rings. The third-order valence-corrected chi connectivity index (χ3v) is 3.76. The first-order valence-corrected chi connectivity index (χ1v) is 5.95. The highest BCUT2D eigenvalue weighted by Gasteiger charge is 2.27. The van der Waals surface area contributed by atoms with Crippen molar-refractivity contribution in [3.63, 3.8) is 0 Å². The van der Waals surface area contributed by atoms with Crippen LogP contribution in [0.5, 0.6) is 0 Å². The first-order chi connectivity index (χ1) is 7.40. The number of hydrogen-bond donors (Lipinski definition) is 0. The number of hydrogen-bond acceptors (Lipinski definition) is 2. The van der Waals surface area contributed by atoms with Gasteiger partial charge in [-0.05, 0) is 44.9 Å². The van der Waals surface area contributed by atoms with Gasteiger partial charge < -0.3 is 0 Å².